The zero-order valence-electron chi connectivity index (χ0n) is 23.9. The summed E-state index contributed by atoms with van der Waals surface area (Å²) in [5.74, 6) is -3.21. The van der Waals surface area contributed by atoms with E-state index in [0.29, 0.717) is 24.2 Å². The number of ether oxygens (including phenoxy) is 2. The van der Waals surface area contributed by atoms with E-state index in [1.165, 1.54) is 18.2 Å². The Morgan fingerprint density at radius 3 is 2.44 bits per heavy atom. The van der Waals surface area contributed by atoms with Crippen molar-refractivity contribution < 1.29 is 45.4 Å². The van der Waals surface area contributed by atoms with Gasteiger partial charge in [0.15, 0.2) is 11.6 Å². The Labute approximate surface area is 255 Å². The number of nitrogens with one attached hydrogen (secondary N) is 4. The molecule has 3 atom stereocenters. The largest absolute Gasteiger partial charge is 0.448 e. The highest BCUT2D eigenvalue weighted by molar-refractivity contribution is 5.96. The predicted octanol–water partition coefficient (Wildman–Crippen LogP) is 5.34. The van der Waals surface area contributed by atoms with Crippen molar-refractivity contribution in [3.8, 4) is 0 Å². The van der Waals surface area contributed by atoms with Crippen molar-refractivity contribution in [3.05, 3.63) is 95.3 Å². The second kappa shape index (κ2) is 15.6. The minimum absolute atomic E-state index is 0.0609. The number of benzene rings is 3. The van der Waals surface area contributed by atoms with Gasteiger partial charge in [-0.15, -0.1) is 0 Å². The van der Waals surface area contributed by atoms with Crippen LogP contribution in [0.2, 0.25) is 0 Å². The highest BCUT2D eigenvalue weighted by Crippen LogP contribution is 2.25. The first-order valence-electron chi connectivity index (χ1n) is 14.1. The molecule has 3 aromatic rings. The highest BCUT2D eigenvalue weighted by atomic mass is 19.4. The van der Waals surface area contributed by atoms with Crippen molar-refractivity contribution in [2.24, 2.45) is 0 Å². The number of amides is 2. The molecule has 0 saturated carbocycles. The van der Waals surface area contributed by atoms with Gasteiger partial charge in [-0.3, -0.25) is 4.79 Å². The molecule has 1 fully saturated rings. The van der Waals surface area contributed by atoms with Crippen LogP contribution in [0, 0.1) is 17.5 Å². The van der Waals surface area contributed by atoms with Crippen LogP contribution in [0.5, 0.6) is 0 Å². The van der Waals surface area contributed by atoms with Crippen LogP contribution in [0.3, 0.4) is 0 Å². The first kappa shape index (κ1) is 33.6. The van der Waals surface area contributed by atoms with E-state index < -0.39 is 54.3 Å². The van der Waals surface area contributed by atoms with Gasteiger partial charge in [0.05, 0.1) is 18.8 Å². The van der Waals surface area contributed by atoms with Gasteiger partial charge in [0.2, 0.25) is 5.91 Å². The normalized spacial score (nSPS) is 17.3. The fourth-order valence-corrected chi connectivity index (χ4v) is 4.66. The quantitative estimate of drug-likeness (QED) is 0.200. The number of alkyl carbamates (subject to hydrolysis) is 1. The zero-order valence-corrected chi connectivity index (χ0v) is 23.9. The van der Waals surface area contributed by atoms with Crippen molar-refractivity contribution >= 4 is 23.4 Å². The molecule has 14 heteroatoms. The number of hydrogen-bond acceptors (Lipinski definition) is 6. The number of carbonyl (C=O) groups excluding carboxylic acids is 2. The summed E-state index contributed by atoms with van der Waals surface area (Å²) in [5.41, 5.74) is 1.56. The van der Waals surface area contributed by atoms with Crippen LogP contribution >= 0.6 is 0 Å². The molecule has 0 radical (unpaired) electrons. The van der Waals surface area contributed by atoms with Gasteiger partial charge in [-0.05, 0) is 42.7 Å². The molecule has 0 bridgehead atoms. The minimum atomic E-state index is -4.55. The van der Waals surface area contributed by atoms with E-state index in [2.05, 4.69) is 16.0 Å². The van der Waals surface area contributed by atoms with Gasteiger partial charge < -0.3 is 30.7 Å². The van der Waals surface area contributed by atoms with Gasteiger partial charge in [-0.1, -0.05) is 36.4 Å². The van der Waals surface area contributed by atoms with Gasteiger partial charge in [0, 0.05) is 36.0 Å². The Morgan fingerprint density at radius 2 is 1.76 bits per heavy atom. The molecule has 1 heterocycles. The summed E-state index contributed by atoms with van der Waals surface area (Å²) in [6.07, 6.45) is -5.27. The number of anilines is 2. The summed E-state index contributed by atoms with van der Waals surface area (Å²) < 4.78 is 89.5. The second-order valence-electron chi connectivity index (χ2n) is 10.4. The molecular weight excluding hydrogens is 606 g/mol. The first-order chi connectivity index (χ1) is 21.5. The highest BCUT2D eigenvalue weighted by Gasteiger charge is 2.29. The van der Waals surface area contributed by atoms with Crippen molar-refractivity contribution in [1.82, 2.24) is 10.6 Å². The third kappa shape index (κ3) is 10.7. The number of hydrogen-bond donors (Lipinski definition) is 4. The molecule has 1 aliphatic rings. The molecule has 0 unspecified atom stereocenters. The monoisotopic (exact) mass is 638 g/mol. The molecule has 45 heavy (non-hydrogen) atoms. The van der Waals surface area contributed by atoms with E-state index in [4.69, 9.17) is 9.47 Å². The van der Waals surface area contributed by atoms with Crippen molar-refractivity contribution in [2.45, 2.75) is 43.6 Å². The number of carbonyl (C=O) groups is 2. The van der Waals surface area contributed by atoms with Crippen LogP contribution in [0.4, 0.5) is 42.5 Å². The number of halogens is 6. The summed E-state index contributed by atoms with van der Waals surface area (Å²) in [5, 5.41) is 10.4. The Morgan fingerprint density at radius 1 is 0.978 bits per heavy atom. The fraction of sp³-hybridized carbons (Fsp3) is 0.355. The molecule has 3 aromatic carbocycles. The molecule has 0 aliphatic carbocycles. The van der Waals surface area contributed by atoms with E-state index in [9.17, 15) is 31.5 Å². The first-order valence-corrected chi connectivity index (χ1v) is 14.1. The van der Waals surface area contributed by atoms with Crippen LogP contribution in [0.15, 0.2) is 66.7 Å². The predicted molar refractivity (Wildman–Crippen MR) is 154 cm³/mol. The Kier molecular flexibility index (Phi) is 11.7. The van der Waals surface area contributed by atoms with Crippen LogP contribution in [-0.2, 0) is 27.1 Å². The van der Waals surface area contributed by atoms with E-state index >= 15 is 4.39 Å². The molecule has 4 rings (SSSR count). The second-order valence-corrected chi connectivity index (χ2v) is 10.4. The van der Waals surface area contributed by atoms with Gasteiger partial charge in [-0.2, -0.15) is 13.2 Å². The zero-order chi connectivity index (χ0) is 32.4. The molecule has 8 nitrogen and oxygen atoms in total. The molecule has 4 N–H and O–H groups in total. The van der Waals surface area contributed by atoms with Crippen molar-refractivity contribution in [1.29, 1.82) is 0 Å². The third-order valence-corrected chi connectivity index (χ3v) is 6.97. The fourth-order valence-electron chi connectivity index (χ4n) is 4.66. The van der Waals surface area contributed by atoms with Crippen LogP contribution in [0.1, 0.15) is 17.5 Å². The Balaban J connectivity index is 1.36. The lowest BCUT2D eigenvalue weighted by atomic mass is 10.0. The van der Waals surface area contributed by atoms with Gasteiger partial charge >= 0.3 is 12.3 Å². The average molecular weight is 639 g/mol. The van der Waals surface area contributed by atoms with Gasteiger partial charge in [0.1, 0.15) is 25.0 Å². The van der Waals surface area contributed by atoms with E-state index in [0.717, 1.165) is 17.7 Å². The molecular formula is C31H32F6N4O4. The van der Waals surface area contributed by atoms with E-state index in [1.54, 1.807) is 11.4 Å². The molecule has 0 spiro atoms. The third-order valence-electron chi connectivity index (χ3n) is 6.97. The van der Waals surface area contributed by atoms with Crippen LogP contribution in [-0.4, -0.2) is 62.7 Å². The number of alkyl halides is 3. The van der Waals surface area contributed by atoms with Crippen LogP contribution in [0.25, 0.3) is 0 Å². The van der Waals surface area contributed by atoms with E-state index in [-0.39, 0.29) is 37.8 Å². The maximum atomic E-state index is 15.1. The standard InChI is InChI=1S/C31H32F6N4O4/c32-24-7-4-8-27(23(24)11-10-22-15-38-21(16-44-22)17-45-30(43)39-18-31(35,36)37)41-28(13-19-5-2-1-3-6-19)29(42)40-20-9-12-25(33)26(34)14-20/h1-9,12,14,21-22,28,38,41H,10-11,13,15-18H2,(H,39,43)(H,40,42)/t21-,22+,28-/m0/s1. The maximum Gasteiger partial charge on any atom is 0.407 e. The molecule has 1 saturated heterocycles. The molecule has 242 valence electrons. The summed E-state index contributed by atoms with van der Waals surface area (Å²) >= 11 is 0. The molecule has 2 amide bonds. The summed E-state index contributed by atoms with van der Waals surface area (Å²) in [7, 11) is 0. The van der Waals surface area contributed by atoms with Crippen molar-refractivity contribution in [2.75, 3.05) is 36.9 Å². The van der Waals surface area contributed by atoms with Gasteiger partial charge in [-0.25, -0.2) is 18.0 Å². The average Bonchev–Trinajstić information content (AvgIpc) is 3.01. The molecule has 1 aliphatic heterocycles. The number of rotatable bonds is 12. The summed E-state index contributed by atoms with van der Waals surface area (Å²) in [4.78, 5) is 24.8. The lowest BCUT2D eigenvalue weighted by molar-refractivity contribution is -0.124. The maximum absolute atomic E-state index is 15.1. The summed E-state index contributed by atoms with van der Waals surface area (Å²) in [6, 6.07) is 15.2. The Hall–Kier alpha value is -4.30. The minimum Gasteiger partial charge on any atom is -0.448 e. The van der Waals surface area contributed by atoms with Crippen LogP contribution < -0.4 is 21.3 Å². The smallest absolute Gasteiger partial charge is 0.407 e. The molecule has 0 aromatic heterocycles. The SMILES string of the molecule is O=C(NCC(F)(F)F)OC[C@@H]1CO[C@H](CCc2c(F)cccc2N[C@@H](Cc2ccccc2)C(=O)Nc2ccc(F)c(F)c2)CN1. The Bertz CT molecular complexity index is 1440. The lowest BCUT2D eigenvalue weighted by Gasteiger charge is -2.30. The summed E-state index contributed by atoms with van der Waals surface area (Å²) in [6.45, 7) is -1.26. The van der Waals surface area contributed by atoms with Gasteiger partial charge in [0.25, 0.3) is 0 Å². The topological polar surface area (TPSA) is 101 Å². The lowest BCUT2D eigenvalue weighted by Crippen LogP contribution is -2.49. The number of morpholine rings is 1. The van der Waals surface area contributed by atoms with Crippen molar-refractivity contribution in [3.63, 3.8) is 0 Å². The van der Waals surface area contributed by atoms with E-state index in [1.807, 2.05) is 30.3 Å².